The molecule has 3 N–H and O–H groups in total. The van der Waals surface area contributed by atoms with Crippen LogP contribution in [0.5, 0.6) is 5.75 Å². The lowest BCUT2D eigenvalue weighted by Gasteiger charge is -2.19. The molecule has 2 amide bonds. The molecule has 3 aromatic rings. The van der Waals surface area contributed by atoms with Crippen LogP contribution < -0.4 is 15.4 Å². The molecule has 1 atom stereocenters. The van der Waals surface area contributed by atoms with Crippen LogP contribution in [0, 0.1) is 6.92 Å². The number of ketones is 2. The maximum absolute atomic E-state index is 13.2. The molecule has 0 saturated carbocycles. The van der Waals surface area contributed by atoms with Gasteiger partial charge in [-0.2, -0.15) is 0 Å². The number of hydrogen-bond donors (Lipinski definition) is 3. The van der Waals surface area contributed by atoms with Gasteiger partial charge in [-0.05, 0) is 62.6 Å². The molecule has 1 aromatic heterocycles. The Balaban J connectivity index is 1.72. The number of aromatic nitrogens is 1. The second kappa shape index (κ2) is 13.6. The normalized spacial score (nSPS) is 11.7. The van der Waals surface area contributed by atoms with Crippen molar-refractivity contribution < 1.29 is 23.9 Å². The molecule has 0 radical (unpaired) electrons. The molecule has 0 aliphatic carbocycles. The van der Waals surface area contributed by atoms with E-state index in [0.29, 0.717) is 42.7 Å². The summed E-state index contributed by atoms with van der Waals surface area (Å²) >= 11 is 0. The Labute approximate surface area is 223 Å². The highest BCUT2D eigenvalue weighted by atomic mass is 16.5. The first kappa shape index (κ1) is 28.6. The molecule has 0 fully saturated rings. The van der Waals surface area contributed by atoms with E-state index in [0.717, 1.165) is 35.0 Å². The van der Waals surface area contributed by atoms with Crippen molar-refractivity contribution in [3.63, 3.8) is 0 Å². The van der Waals surface area contributed by atoms with E-state index in [-0.39, 0.29) is 29.8 Å². The molecule has 1 heterocycles. The molecule has 0 unspecified atom stereocenters. The van der Waals surface area contributed by atoms with Crippen molar-refractivity contribution in [2.75, 3.05) is 12.4 Å². The minimum Gasteiger partial charge on any atom is -0.497 e. The Morgan fingerprint density at radius 1 is 1.03 bits per heavy atom. The van der Waals surface area contributed by atoms with Crippen LogP contribution in [0.2, 0.25) is 0 Å². The van der Waals surface area contributed by atoms with Gasteiger partial charge in [-0.3, -0.25) is 19.2 Å². The highest BCUT2D eigenvalue weighted by molar-refractivity contribution is 6.00. The van der Waals surface area contributed by atoms with Gasteiger partial charge < -0.3 is 20.4 Å². The van der Waals surface area contributed by atoms with Gasteiger partial charge in [0, 0.05) is 40.7 Å². The molecule has 0 spiro atoms. The third kappa shape index (κ3) is 7.78. The quantitative estimate of drug-likeness (QED) is 0.198. The number of ether oxygens (including phenoxy) is 1. The third-order valence-electron chi connectivity index (χ3n) is 6.70. The molecular formula is C30H37N3O5. The minimum atomic E-state index is -0.759. The molecule has 38 heavy (non-hydrogen) atoms. The summed E-state index contributed by atoms with van der Waals surface area (Å²) in [4.78, 5) is 53.0. The van der Waals surface area contributed by atoms with Gasteiger partial charge in [0.15, 0.2) is 5.78 Å². The van der Waals surface area contributed by atoms with Crippen LogP contribution in [-0.4, -0.2) is 41.5 Å². The maximum Gasteiger partial charge on any atom is 0.246 e. The monoisotopic (exact) mass is 519 g/mol. The van der Waals surface area contributed by atoms with Crippen LogP contribution in [0.1, 0.15) is 74.0 Å². The van der Waals surface area contributed by atoms with Crippen LogP contribution in [-0.2, 0) is 20.8 Å². The molecule has 0 aliphatic heterocycles. The number of unbranched alkanes of at least 4 members (excludes halogenated alkanes) is 2. The minimum absolute atomic E-state index is 0.0988. The smallest absolute Gasteiger partial charge is 0.246 e. The number of nitrogens with one attached hydrogen (secondary N) is 3. The molecule has 0 aliphatic rings. The van der Waals surface area contributed by atoms with E-state index >= 15 is 0 Å². The second-order valence-corrected chi connectivity index (χ2v) is 9.55. The van der Waals surface area contributed by atoms with Gasteiger partial charge in [0.1, 0.15) is 17.6 Å². The van der Waals surface area contributed by atoms with Crippen molar-refractivity contribution in [1.29, 1.82) is 0 Å². The summed E-state index contributed by atoms with van der Waals surface area (Å²) in [5, 5.41) is 6.66. The van der Waals surface area contributed by atoms with Crippen molar-refractivity contribution in [2.45, 2.75) is 71.8 Å². The summed E-state index contributed by atoms with van der Waals surface area (Å²) in [6.45, 7) is 5.24. The lowest BCUT2D eigenvalue weighted by atomic mass is 10.0. The number of fused-ring (bicyclic) bond motifs is 1. The van der Waals surface area contributed by atoms with Gasteiger partial charge in [0.25, 0.3) is 0 Å². The van der Waals surface area contributed by atoms with E-state index in [4.69, 9.17) is 4.74 Å². The van der Waals surface area contributed by atoms with Gasteiger partial charge >= 0.3 is 0 Å². The van der Waals surface area contributed by atoms with Gasteiger partial charge in [0.2, 0.25) is 11.8 Å². The maximum atomic E-state index is 13.2. The fraction of sp³-hybridized carbons (Fsp3) is 0.400. The van der Waals surface area contributed by atoms with E-state index in [1.54, 1.807) is 31.4 Å². The van der Waals surface area contributed by atoms with Gasteiger partial charge in [0.05, 0.1) is 13.5 Å². The summed E-state index contributed by atoms with van der Waals surface area (Å²) < 4.78 is 5.34. The zero-order chi connectivity index (χ0) is 27.7. The molecule has 2 aromatic carbocycles. The Kier molecular flexibility index (Phi) is 10.2. The van der Waals surface area contributed by atoms with Crippen LogP contribution in [0.3, 0.4) is 0 Å². The van der Waals surface area contributed by atoms with Crippen LogP contribution in [0.15, 0.2) is 42.5 Å². The highest BCUT2D eigenvalue weighted by Crippen LogP contribution is 2.27. The van der Waals surface area contributed by atoms with Crippen molar-refractivity contribution in [1.82, 2.24) is 10.3 Å². The lowest BCUT2D eigenvalue weighted by molar-refractivity contribution is -0.126. The summed E-state index contributed by atoms with van der Waals surface area (Å²) in [6.07, 6.45) is 3.82. The summed E-state index contributed by atoms with van der Waals surface area (Å²) in [5.74, 6) is 0.211. The number of amides is 2. The largest absolute Gasteiger partial charge is 0.497 e. The predicted molar refractivity (Wildman–Crippen MR) is 149 cm³/mol. The van der Waals surface area contributed by atoms with Gasteiger partial charge in [-0.1, -0.05) is 31.9 Å². The number of aryl methyl sites for hydroxylation is 1. The van der Waals surface area contributed by atoms with E-state index in [9.17, 15) is 19.2 Å². The van der Waals surface area contributed by atoms with Crippen LogP contribution in [0.4, 0.5) is 5.69 Å². The van der Waals surface area contributed by atoms with E-state index in [1.165, 1.54) is 6.92 Å². The zero-order valence-electron chi connectivity index (χ0n) is 22.6. The molecule has 8 heteroatoms. The zero-order valence-corrected chi connectivity index (χ0v) is 22.6. The fourth-order valence-electron chi connectivity index (χ4n) is 4.46. The number of H-pyrrole nitrogens is 1. The van der Waals surface area contributed by atoms with Gasteiger partial charge in [-0.25, -0.2) is 0 Å². The molecule has 0 saturated heterocycles. The molecule has 3 rings (SSSR count). The van der Waals surface area contributed by atoms with Crippen molar-refractivity contribution in [3.8, 4) is 5.75 Å². The third-order valence-corrected chi connectivity index (χ3v) is 6.70. The SMILES string of the molecule is CCC(=O)CCCCC[C@H](NC(=O)Cc1c(C)[nH]c2ccc(OC)cc12)C(=O)Nc1cccc(C(C)=O)c1. The van der Waals surface area contributed by atoms with Crippen LogP contribution >= 0.6 is 0 Å². The topological polar surface area (TPSA) is 117 Å². The molecule has 0 bridgehead atoms. The number of hydrogen-bond acceptors (Lipinski definition) is 5. The summed E-state index contributed by atoms with van der Waals surface area (Å²) in [6, 6.07) is 11.6. The average molecular weight is 520 g/mol. The average Bonchev–Trinajstić information content (AvgIpc) is 3.21. The first-order valence-corrected chi connectivity index (χ1v) is 13.1. The van der Waals surface area contributed by atoms with Crippen molar-refractivity contribution in [3.05, 3.63) is 59.3 Å². The number of benzene rings is 2. The first-order valence-electron chi connectivity index (χ1n) is 13.1. The summed E-state index contributed by atoms with van der Waals surface area (Å²) in [7, 11) is 1.60. The molecule has 8 nitrogen and oxygen atoms in total. The Morgan fingerprint density at radius 3 is 2.53 bits per heavy atom. The number of rotatable bonds is 14. The standard InChI is InChI=1S/C30H37N3O5/c1-5-23(35)12-7-6-8-13-28(30(37)32-22-11-9-10-21(16-22)20(3)34)33-29(36)18-25-19(2)31-27-15-14-24(38-4)17-26(25)27/h9-11,14-17,28,31H,5-8,12-13,18H2,1-4H3,(H,32,37)(H,33,36)/t28-/m0/s1. The first-order chi connectivity index (χ1) is 18.2. The number of methoxy groups -OCH3 is 1. The Morgan fingerprint density at radius 2 is 1.82 bits per heavy atom. The van der Waals surface area contributed by atoms with Gasteiger partial charge in [-0.15, -0.1) is 0 Å². The van der Waals surface area contributed by atoms with Crippen molar-refractivity contribution in [2.24, 2.45) is 0 Å². The fourth-order valence-corrected chi connectivity index (χ4v) is 4.46. The second-order valence-electron chi connectivity index (χ2n) is 9.55. The summed E-state index contributed by atoms with van der Waals surface area (Å²) in [5.41, 5.74) is 3.63. The number of aromatic amines is 1. The molecular weight excluding hydrogens is 482 g/mol. The highest BCUT2D eigenvalue weighted by Gasteiger charge is 2.22. The predicted octanol–water partition coefficient (Wildman–Crippen LogP) is 5.28. The molecule has 202 valence electrons. The number of Topliss-reactive ketones (excluding diaryl/α,β-unsaturated/α-hetero) is 2. The Hall–Kier alpha value is -3.94. The van der Waals surface area contributed by atoms with E-state index < -0.39 is 6.04 Å². The van der Waals surface area contributed by atoms with E-state index in [1.807, 2.05) is 32.0 Å². The number of carbonyl (C=O) groups is 4. The van der Waals surface area contributed by atoms with E-state index in [2.05, 4.69) is 15.6 Å². The number of anilines is 1. The van der Waals surface area contributed by atoms with Crippen molar-refractivity contribution >= 4 is 40.0 Å². The lowest BCUT2D eigenvalue weighted by Crippen LogP contribution is -2.44. The Bertz CT molecular complexity index is 1310. The van der Waals surface area contributed by atoms with Crippen LogP contribution in [0.25, 0.3) is 10.9 Å². The number of carbonyl (C=O) groups excluding carboxylic acids is 4.